The van der Waals surface area contributed by atoms with Crippen molar-refractivity contribution in [3.8, 4) is 0 Å². The number of halogens is 5. The van der Waals surface area contributed by atoms with Crippen molar-refractivity contribution < 1.29 is 23.4 Å². The van der Waals surface area contributed by atoms with Crippen LogP contribution in [0.25, 0.3) is 10.3 Å². The second-order valence-corrected chi connectivity index (χ2v) is 9.00. The van der Waals surface area contributed by atoms with Crippen molar-refractivity contribution in [3.05, 3.63) is 58.1 Å². The van der Waals surface area contributed by atoms with Crippen molar-refractivity contribution in [1.29, 1.82) is 0 Å². The highest BCUT2D eigenvalue weighted by Crippen LogP contribution is 2.37. The topological polar surface area (TPSA) is 115 Å². The van der Waals surface area contributed by atoms with E-state index in [-0.39, 0.29) is 18.3 Å². The van der Waals surface area contributed by atoms with E-state index in [1.165, 1.54) is 12.1 Å². The molecule has 2 aromatic carbocycles. The molecule has 0 saturated heterocycles. The first-order valence-electron chi connectivity index (χ1n) is 10.0. The van der Waals surface area contributed by atoms with E-state index in [4.69, 9.17) is 28.3 Å². The van der Waals surface area contributed by atoms with Gasteiger partial charge < -0.3 is 26.2 Å². The number of aliphatic hydroxyl groups is 2. The van der Waals surface area contributed by atoms with E-state index < -0.39 is 24.5 Å². The van der Waals surface area contributed by atoms with Gasteiger partial charge in [-0.15, -0.1) is 0 Å². The summed E-state index contributed by atoms with van der Waals surface area (Å²) in [4.78, 5) is 13.7. The first-order valence-corrected chi connectivity index (χ1v) is 11.6. The van der Waals surface area contributed by atoms with Crippen LogP contribution in [0.15, 0.2) is 42.5 Å². The molecule has 2 heterocycles. The summed E-state index contributed by atoms with van der Waals surface area (Å²) in [6.45, 7) is -0.486. The number of rotatable bonds is 8. The molecule has 1 atom stereocenters. The van der Waals surface area contributed by atoms with Gasteiger partial charge in [0.2, 0.25) is 5.95 Å². The van der Waals surface area contributed by atoms with Gasteiger partial charge in [0.15, 0.2) is 15.8 Å². The lowest BCUT2D eigenvalue weighted by Gasteiger charge is -2.12. The average molecular weight is 545 g/mol. The molecule has 2 aromatic heterocycles. The lowest BCUT2D eigenvalue weighted by Crippen LogP contribution is -2.23. The largest absolute Gasteiger partial charge is 0.416 e. The fourth-order valence-electron chi connectivity index (χ4n) is 2.92. The van der Waals surface area contributed by atoms with E-state index in [9.17, 15) is 18.3 Å². The van der Waals surface area contributed by atoms with Crippen LogP contribution in [0.5, 0.6) is 0 Å². The molecular weight excluding hydrogens is 528 g/mol. The molecule has 35 heavy (non-hydrogen) atoms. The number of thiazole rings is 1. The number of para-hydroxylation sites is 1. The van der Waals surface area contributed by atoms with Gasteiger partial charge >= 0.3 is 6.18 Å². The van der Waals surface area contributed by atoms with Crippen molar-refractivity contribution in [2.45, 2.75) is 12.3 Å². The van der Waals surface area contributed by atoms with Gasteiger partial charge in [-0.3, -0.25) is 0 Å². The molecule has 184 valence electrons. The Morgan fingerprint density at radius 3 is 2.29 bits per heavy atom. The van der Waals surface area contributed by atoms with E-state index in [0.29, 0.717) is 36.9 Å². The Kier molecular flexibility index (Phi) is 7.47. The summed E-state index contributed by atoms with van der Waals surface area (Å²) < 4.78 is 38.7. The third-order valence-electron chi connectivity index (χ3n) is 4.63. The molecule has 0 amide bonds. The van der Waals surface area contributed by atoms with Gasteiger partial charge in [0, 0.05) is 12.2 Å². The number of alkyl halides is 3. The maximum absolute atomic E-state index is 12.9. The summed E-state index contributed by atoms with van der Waals surface area (Å²) in [7, 11) is 0. The Labute approximate surface area is 210 Å². The highest BCUT2D eigenvalue weighted by Gasteiger charge is 2.30. The number of benzene rings is 2. The zero-order valence-electron chi connectivity index (χ0n) is 17.6. The zero-order valence-corrected chi connectivity index (χ0v) is 19.9. The van der Waals surface area contributed by atoms with Gasteiger partial charge in [0.1, 0.15) is 5.52 Å². The molecule has 0 bridgehead atoms. The lowest BCUT2D eigenvalue weighted by atomic mass is 10.2. The van der Waals surface area contributed by atoms with Crippen molar-refractivity contribution >= 4 is 73.2 Å². The van der Waals surface area contributed by atoms with Crippen molar-refractivity contribution in [1.82, 2.24) is 15.0 Å². The van der Waals surface area contributed by atoms with Gasteiger partial charge in [0.05, 0.1) is 34.0 Å². The maximum Gasteiger partial charge on any atom is 0.416 e. The van der Waals surface area contributed by atoms with Crippen LogP contribution in [0.4, 0.5) is 41.4 Å². The molecule has 0 fully saturated rings. The molecule has 8 nitrogen and oxygen atoms in total. The van der Waals surface area contributed by atoms with Crippen LogP contribution in [0.2, 0.25) is 10.0 Å². The molecule has 4 rings (SSSR count). The summed E-state index contributed by atoms with van der Waals surface area (Å²) >= 11 is 13.6. The summed E-state index contributed by atoms with van der Waals surface area (Å²) in [6.07, 6.45) is -5.50. The smallest absolute Gasteiger partial charge is 0.394 e. The second-order valence-electron chi connectivity index (χ2n) is 7.21. The second kappa shape index (κ2) is 10.4. The van der Waals surface area contributed by atoms with Crippen molar-refractivity contribution in [2.24, 2.45) is 0 Å². The molecule has 1 unspecified atom stereocenters. The van der Waals surface area contributed by atoms with Crippen LogP contribution in [0, 0.1) is 0 Å². The molecule has 0 aliphatic heterocycles. The van der Waals surface area contributed by atoms with Crippen molar-refractivity contribution in [3.63, 3.8) is 0 Å². The van der Waals surface area contributed by atoms with Gasteiger partial charge in [-0.1, -0.05) is 40.6 Å². The number of hydrogen-bond acceptors (Lipinski definition) is 9. The Morgan fingerprint density at radius 1 is 0.971 bits per heavy atom. The Balaban J connectivity index is 1.70. The van der Waals surface area contributed by atoms with Crippen molar-refractivity contribution in [2.75, 3.05) is 29.1 Å². The van der Waals surface area contributed by atoms with Crippen LogP contribution >= 0.6 is 34.5 Å². The standard InChI is InChI=1S/C21H17Cl2F3N6O2S/c22-13-2-1-3-14(23)15(13)29-20-30-16-17(28-11-6-4-10(5-7-11)21(24,25)26)31-19(32-18(16)35-20)27-8-12(34)9-33/h1-7,12,33-34H,8-9H2,(H,29,30)(H2,27,28,31,32). The number of anilines is 5. The van der Waals surface area contributed by atoms with E-state index >= 15 is 0 Å². The third-order valence-corrected chi connectivity index (χ3v) is 6.13. The van der Waals surface area contributed by atoms with E-state index in [2.05, 4.69) is 30.9 Å². The monoisotopic (exact) mass is 544 g/mol. The first kappa shape index (κ1) is 25.2. The average Bonchev–Trinajstić information content (AvgIpc) is 3.22. The minimum atomic E-state index is -4.46. The normalized spacial score (nSPS) is 12.5. The summed E-state index contributed by atoms with van der Waals surface area (Å²) in [5.41, 5.74) is 0.349. The Bertz CT molecular complexity index is 1320. The van der Waals surface area contributed by atoms with Crippen LogP contribution < -0.4 is 16.0 Å². The molecular formula is C21H17Cl2F3N6O2S. The van der Waals surface area contributed by atoms with Crippen LogP contribution in [-0.2, 0) is 6.18 Å². The fraction of sp³-hybridized carbons (Fsp3) is 0.190. The van der Waals surface area contributed by atoms with Gasteiger partial charge in [-0.2, -0.15) is 23.1 Å². The first-order chi connectivity index (χ1) is 16.6. The number of nitrogens with one attached hydrogen (secondary N) is 3. The lowest BCUT2D eigenvalue weighted by molar-refractivity contribution is -0.137. The van der Waals surface area contributed by atoms with Gasteiger partial charge in [-0.25, -0.2) is 4.98 Å². The van der Waals surface area contributed by atoms with Gasteiger partial charge in [0.25, 0.3) is 0 Å². The number of aromatic nitrogens is 3. The quantitative estimate of drug-likeness (QED) is 0.193. The molecule has 0 aliphatic carbocycles. The molecule has 14 heteroatoms. The summed E-state index contributed by atoms with van der Waals surface area (Å²) in [5, 5.41) is 28.7. The number of nitrogens with zero attached hydrogens (tertiary/aromatic N) is 3. The SMILES string of the molecule is OCC(O)CNc1nc(Nc2ccc(C(F)(F)F)cc2)c2nc(Nc3c(Cl)cccc3Cl)sc2n1. The predicted octanol–water partition coefficient (Wildman–Crippen LogP) is 5.66. The minimum absolute atomic E-state index is 0.0269. The third kappa shape index (κ3) is 6.03. The highest BCUT2D eigenvalue weighted by molar-refractivity contribution is 7.22. The highest BCUT2D eigenvalue weighted by atomic mass is 35.5. The van der Waals surface area contributed by atoms with Crippen LogP contribution in [0.1, 0.15) is 5.56 Å². The Hall–Kier alpha value is -2.90. The number of fused-ring (bicyclic) bond motifs is 1. The fourth-order valence-corrected chi connectivity index (χ4v) is 4.26. The predicted molar refractivity (Wildman–Crippen MR) is 131 cm³/mol. The molecule has 5 N–H and O–H groups in total. The number of aliphatic hydroxyl groups excluding tert-OH is 2. The van der Waals surface area contributed by atoms with Crippen LogP contribution in [-0.4, -0.2) is 44.4 Å². The molecule has 4 aromatic rings. The van der Waals surface area contributed by atoms with Gasteiger partial charge in [-0.05, 0) is 36.4 Å². The summed E-state index contributed by atoms with van der Waals surface area (Å²) in [5.74, 6) is 0.329. The molecule has 0 aliphatic rings. The minimum Gasteiger partial charge on any atom is -0.394 e. The van der Waals surface area contributed by atoms with Crippen LogP contribution in [0.3, 0.4) is 0 Å². The molecule has 0 radical (unpaired) electrons. The maximum atomic E-state index is 12.9. The Morgan fingerprint density at radius 2 is 1.66 bits per heavy atom. The zero-order chi connectivity index (χ0) is 25.2. The van der Waals surface area contributed by atoms with E-state index in [1.54, 1.807) is 18.2 Å². The number of hydrogen-bond donors (Lipinski definition) is 5. The molecule has 0 spiro atoms. The molecule has 0 saturated carbocycles. The van der Waals surface area contributed by atoms with E-state index in [0.717, 1.165) is 23.5 Å². The van der Waals surface area contributed by atoms with E-state index in [1.807, 2.05) is 0 Å². The summed E-state index contributed by atoms with van der Waals surface area (Å²) in [6, 6.07) is 9.47.